The van der Waals surface area contributed by atoms with Gasteiger partial charge in [0.2, 0.25) is 5.91 Å². The van der Waals surface area contributed by atoms with E-state index in [1.807, 2.05) is 26.0 Å². The maximum atomic E-state index is 13.1. The number of hydrogen-bond acceptors (Lipinski definition) is 4. The van der Waals surface area contributed by atoms with Crippen molar-refractivity contribution in [3.63, 3.8) is 0 Å². The van der Waals surface area contributed by atoms with Crippen molar-refractivity contribution in [2.45, 2.75) is 45.3 Å². The Bertz CT molecular complexity index is 1450. The Labute approximate surface area is 235 Å². The predicted octanol–water partition coefficient (Wildman–Crippen LogP) is 6.49. The fourth-order valence-electron chi connectivity index (χ4n) is 4.74. The number of rotatable bonds is 8. The monoisotopic (exact) mass is 565 g/mol. The molecule has 0 saturated carbocycles. The number of benzene rings is 3. The van der Waals surface area contributed by atoms with Gasteiger partial charge in [0.05, 0.1) is 11.6 Å². The number of halogens is 3. The first-order valence-corrected chi connectivity index (χ1v) is 13.2. The Hall–Kier alpha value is -4.47. The van der Waals surface area contributed by atoms with Gasteiger partial charge in [-0.3, -0.25) is 9.59 Å². The lowest BCUT2D eigenvalue weighted by Crippen LogP contribution is -2.41. The molecule has 0 radical (unpaired) electrons. The lowest BCUT2D eigenvalue weighted by Gasteiger charge is -2.24. The average molecular weight is 566 g/mol. The third-order valence-electron chi connectivity index (χ3n) is 7.05. The van der Waals surface area contributed by atoms with E-state index < -0.39 is 29.7 Å². The third-order valence-corrected chi connectivity index (χ3v) is 7.05. The summed E-state index contributed by atoms with van der Waals surface area (Å²) >= 11 is 0. The van der Waals surface area contributed by atoms with Crippen molar-refractivity contribution >= 4 is 35.4 Å². The first kappa shape index (κ1) is 29.5. The van der Waals surface area contributed by atoms with E-state index in [0.717, 1.165) is 28.8 Å². The summed E-state index contributed by atoms with van der Waals surface area (Å²) in [5, 5.41) is 7.69. The molecule has 3 amide bonds. The molecule has 0 aliphatic heterocycles. The molecular weight excluding hydrogens is 535 g/mol. The van der Waals surface area contributed by atoms with E-state index in [0.29, 0.717) is 30.4 Å². The quantitative estimate of drug-likeness (QED) is 0.272. The lowest BCUT2D eigenvalue weighted by molar-refractivity contribution is -0.137. The predicted molar refractivity (Wildman–Crippen MR) is 150 cm³/mol. The summed E-state index contributed by atoms with van der Waals surface area (Å²) in [7, 11) is 0. The molecule has 0 aromatic heterocycles. The Kier molecular flexibility index (Phi) is 8.90. The third kappa shape index (κ3) is 7.39. The minimum atomic E-state index is -4.51. The number of carbonyl (C=O) groups is 4. The molecule has 4 rings (SSSR count). The van der Waals surface area contributed by atoms with Crippen LogP contribution in [-0.2, 0) is 22.2 Å². The molecule has 0 heterocycles. The van der Waals surface area contributed by atoms with Gasteiger partial charge in [0.1, 0.15) is 6.29 Å². The molecule has 2 atom stereocenters. The van der Waals surface area contributed by atoms with Crippen LogP contribution >= 0.6 is 0 Å². The second kappa shape index (κ2) is 12.4. The van der Waals surface area contributed by atoms with Gasteiger partial charge in [0.15, 0.2) is 5.78 Å². The van der Waals surface area contributed by atoms with Crippen molar-refractivity contribution in [3.05, 3.63) is 83.4 Å². The van der Waals surface area contributed by atoms with Crippen LogP contribution in [0.25, 0.3) is 11.1 Å². The minimum absolute atomic E-state index is 0.0149. The van der Waals surface area contributed by atoms with E-state index in [2.05, 4.69) is 16.0 Å². The Morgan fingerprint density at radius 3 is 2.29 bits per heavy atom. The number of aldehydes is 1. The summed E-state index contributed by atoms with van der Waals surface area (Å²) in [4.78, 5) is 49.0. The molecule has 0 bridgehead atoms. The van der Waals surface area contributed by atoms with Crippen LogP contribution < -0.4 is 16.0 Å². The average Bonchev–Trinajstić information content (AvgIpc) is 2.93. The van der Waals surface area contributed by atoms with Gasteiger partial charge in [-0.25, -0.2) is 4.79 Å². The van der Waals surface area contributed by atoms with E-state index in [-0.39, 0.29) is 29.7 Å². The first-order valence-electron chi connectivity index (χ1n) is 13.2. The Balaban J connectivity index is 1.37. The normalized spacial score (nSPS) is 15.6. The van der Waals surface area contributed by atoms with Gasteiger partial charge >= 0.3 is 12.2 Å². The summed E-state index contributed by atoms with van der Waals surface area (Å²) < 4.78 is 38.7. The zero-order chi connectivity index (χ0) is 29.7. The van der Waals surface area contributed by atoms with Gasteiger partial charge in [-0.15, -0.1) is 0 Å². The standard InChI is InChI=1S/C31H30F3N3O4/c1-18(2)27(17-38)37-28(39)15-22-7-6-21-14-20(10-13-26(21)29(22)40)19-8-11-24(12-9-19)35-30(41)36-25-5-3-4-23(16-25)31(32,33)34/h3-5,8-14,16-18,22,27H,6-7,15H2,1-2H3,(H,37,39)(H2,35,36,41)/t22?,27-/m1/s1. The molecule has 1 aliphatic carbocycles. The van der Waals surface area contributed by atoms with Gasteiger partial charge in [-0.1, -0.05) is 50.2 Å². The van der Waals surface area contributed by atoms with Gasteiger partial charge in [-0.05, 0) is 65.8 Å². The molecule has 10 heteroatoms. The van der Waals surface area contributed by atoms with Crippen molar-refractivity contribution in [1.82, 2.24) is 5.32 Å². The summed E-state index contributed by atoms with van der Waals surface area (Å²) in [5.41, 5.74) is 2.79. The number of ketones is 1. The van der Waals surface area contributed by atoms with Crippen molar-refractivity contribution in [3.8, 4) is 11.1 Å². The Morgan fingerprint density at radius 1 is 0.951 bits per heavy atom. The summed E-state index contributed by atoms with van der Waals surface area (Å²) in [5.74, 6) is -0.887. The van der Waals surface area contributed by atoms with Crippen molar-refractivity contribution in [2.24, 2.45) is 11.8 Å². The van der Waals surface area contributed by atoms with Crippen LogP contribution in [0.5, 0.6) is 0 Å². The van der Waals surface area contributed by atoms with Crippen LogP contribution in [0, 0.1) is 11.8 Å². The number of fused-ring (bicyclic) bond motifs is 1. The highest BCUT2D eigenvalue weighted by Crippen LogP contribution is 2.32. The van der Waals surface area contributed by atoms with Crippen LogP contribution in [0.4, 0.5) is 29.3 Å². The van der Waals surface area contributed by atoms with Crippen LogP contribution in [0.2, 0.25) is 0 Å². The number of amides is 3. The van der Waals surface area contributed by atoms with Crippen LogP contribution in [-0.4, -0.2) is 30.0 Å². The smallest absolute Gasteiger partial charge is 0.346 e. The summed E-state index contributed by atoms with van der Waals surface area (Å²) in [6.07, 6.45) is -2.61. The van der Waals surface area contributed by atoms with Crippen LogP contribution in [0.1, 0.15) is 48.2 Å². The highest BCUT2D eigenvalue weighted by atomic mass is 19.4. The highest BCUT2D eigenvalue weighted by Gasteiger charge is 2.31. The molecule has 0 spiro atoms. The number of hydrogen-bond donors (Lipinski definition) is 3. The van der Waals surface area contributed by atoms with Gasteiger partial charge in [-0.2, -0.15) is 13.2 Å². The Morgan fingerprint density at radius 2 is 1.63 bits per heavy atom. The first-order chi connectivity index (χ1) is 19.4. The summed E-state index contributed by atoms with van der Waals surface area (Å²) in [6.45, 7) is 3.68. The number of urea groups is 1. The minimum Gasteiger partial charge on any atom is -0.346 e. The van der Waals surface area contributed by atoms with E-state index in [1.165, 1.54) is 12.1 Å². The molecule has 0 fully saturated rings. The molecule has 3 aromatic rings. The zero-order valence-electron chi connectivity index (χ0n) is 22.5. The zero-order valence-corrected chi connectivity index (χ0v) is 22.5. The SMILES string of the molecule is CC(C)[C@@H](C=O)NC(=O)CC1CCc2cc(-c3ccc(NC(=O)Nc4cccc(C(F)(F)F)c4)cc3)ccc2C1=O. The fourth-order valence-corrected chi connectivity index (χ4v) is 4.74. The van der Waals surface area contributed by atoms with E-state index in [9.17, 15) is 32.3 Å². The highest BCUT2D eigenvalue weighted by molar-refractivity contribution is 6.03. The lowest BCUT2D eigenvalue weighted by atomic mass is 9.80. The molecule has 1 unspecified atom stereocenters. The molecule has 7 nitrogen and oxygen atoms in total. The molecular formula is C31H30F3N3O4. The number of Topliss-reactive ketones (excluding diaryl/α,β-unsaturated/α-hetero) is 1. The van der Waals surface area contributed by atoms with Gasteiger partial charge in [0, 0.05) is 29.3 Å². The second-order valence-electron chi connectivity index (χ2n) is 10.4. The van der Waals surface area contributed by atoms with Crippen molar-refractivity contribution in [2.75, 3.05) is 10.6 Å². The van der Waals surface area contributed by atoms with E-state index in [1.54, 1.807) is 30.3 Å². The van der Waals surface area contributed by atoms with Gasteiger partial charge in [0.25, 0.3) is 0 Å². The molecule has 3 aromatic carbocycles. The largest absolute Gasteiger partial charge is 0.416 e. The molecule has 3 N–H and O–H groups in total. The molecule has 214 valence electrons. The van der Waals surface area contributed by atoms with E-state index >= 15 is 0 Å². The number of aryl methyl sites for hydroxylation is 1. The van der Waals surface area contributed by atoms with Crippen LogP contribution in [0.3, 0.4) is 0 Å². The van der Waals surface area contributed by atoms with Crippen molar-refractivity contribution < 1.29 is 32.3 Å². The number of carbonyl (C=O) groups excluding carboxylic acids is 4. The topological polar surface area (TPSA) is 104 Å². The number of anilines is 2. The number of nitrogens with one attached hydrogen (secondary N) is 3. The van der Waals surface area contributed by atoms with Crippen molar-refractivity contribution in [1.29, 1.82) is 0 Å². The molecule has 1 aliphatic rings. The van der Waals surface area contributed by atoms with Gasteiger partial charge < -0.3 is 20.7 Å². The number of alkyl halides is 3. The van der Waals surface area contributed by atoms with Crippen LogP contribution in [0.15, 0.2) is 66.7 Å². The summed E-state index contributed by atoms with van der Waals surface area (Å²) in [6, 6.07) is 15.5. The second-order valence-corrected chi connectivity index (χ2v) is 10.4. The maximum absolute atomic E-state index is 13.1. The molecule has 41 heavy (non-hydrogen) atoms. The maximum Gasteiger partial charge on any atom is 0.416 e. The fraction of sp³-hybridized carbons (Fsp3) is 0.290. The molecule has 0 saturated heterocycles. The van der Waals surface area contributed by atoms with E-state index in [4.69, 9.17) is 0 Å².